The van der Waals surface area contributed by atoms with Crippen LogP contribution in [0.25, 0.3) is 0 Å². The smallest absolute Gasteiger partial charge is 0.127 e. The van der Waals surface area contributed by atoms with Gasteiger partial charge in [0.05, 0.1) is 13.2 Å². The molecule has 0 bridgehead atoms. The van der Waals surface area contributed by atoms with Crippen molar-refractivity contribution in [1.82, 2.24) is 9.80 Å². The Morgan fingerprint density at radius 3 is 1.88 bits per heavy atom. The van der Waals surface area contributed by atoms with Crippen molar-refractivity contribution in [3.8, 4) is 11.5 Å². The van der Waals surface area contributed by atoms with E-state index in [0.29, 0.717) is 6.61 Å². The first-order valence-electron chi connectivity index (χ1n) is 11.7. The van der Waals surface area contributed by atoms with E-state index in [4.69, 9.17) is 9.47 Å². The molecule has 1 saturated heterocycles. The standard InChI is InChI=1S/C28H34N2O2/c1-3-8-25(9-4-1)10-7-17-29-18-20-30(21-19-29)22-23-31-24-26-13-15-28(16-14-26)32-27-11-5-2-6-12-27/h1-6,8-9,11-16H,7,10,17-24H2. The van der Waals surface area contributed by atoms with E-state index < -0.39 is 0 Å². The number of rotatable bonds is 11. The third kappa shape index (κ3) is 7.49. The van der Waals surface area contributed by atoms with Crippen LogP contribution in [-0.4, -0.2) is 55.7 Å². The van der Waals surface area contributed by atoms with E-state index in [1.807, 2.05) is 42.5 Å². The average molecular weight is 431 g/mol. The first-order chi connectivity index (χ1) is 15.8. The molecular weight excluding hydrogens is 396 g/mol. The van der Waals surface area contributed by atoms with Crippen LogP contribution < -0.4 is 4.74 Å². The van der Waals surface area contributed by atoms with Crippen LogP contribution >= 0.6 is 0 Å². The van der Waals surface area contributed by atoms with E-state index in [9.17, 15) is 0 Å². The van der Waals surface area contributed by atoms with Gasteiger partial charge < -0.3 is 14.4 Å². The van der Waals surface area contributed by atoms with Crippen molar-refractivity contribution >= 4 is 0 Å². The minimum Gasteiger partial charge on any atom is -0.457 e. The summed E-state index contributed by atoms with van der Waals surface area (Å²) in [6.45, 7) is 8.23. The number of aryl methyl sites for hydroxylation is 1. The number of nitrogens with zero attached hydrogens (tertiary/aromatic N) is 2. The van der Waals surface area contributed by atoms with Crippen LogP contribution in [0.3, 0.4) is 0 Å². The lowest BCUT2D eigenvalue weighted by atomic mass is 10.1. The first kappa shape index (κ1) is 22.5. The zero-order valence-corrected chi connectivity index (χ0v) is 18.9. The van der Waals surface area contributed by atoms with Crippen LogP contribution in [0.4, 0.5) is 0 Å². The summed E-state index contributed by atoms with van der Waals surface area (Å²) in [4.78, 5) is 5.11. The van der Waals surface area contributed by atoms with Crippen molar-refractivity contribution in [2.24, 2.45) is 0 Å². The molecule has 1 aliphatic heterocycles. The highest BCUT2D eigenvalue weighted by molar-refractivity contribution is 5.32. The van der Waals surface area contributed by atoms with Gasteiger partial charge in [-0.15, -0.1) is 0 Å². The zero-order chi connectivity index (χ0) is 21.8. The van der Waals surface area contributed by atoms with Gasteiger partial charge in [0.1, 0.15) is 11.5 Å². The predicted octanol–water partition coefficient (Wildman–Crippen LogP) is 5.25. The summed E-state index contributed by atoms with van der Waals surface area (Å²) >= 11 is 0. The second-order valence-corrected chi connectivity index (χ2v) is 8.38. The van der Waals surface area contributed by atoms with Gasteiger partial charge in [-0.05, 0) is 54.8 Å². The van der Waals surface area contributed by atoms with Gasteiger partial charge in [-0.1, -0.05) is 60.7 Å². The van der Waals surface area contributed by atoms with Crippen LogP contribution in [0.1, 0.15) is 17.5 Å². The molecule has 0 radical (unpaired) electrons. The normalized spacial score (nSPS) is 15.0. The highest BCUT2D eigenvalue weighted by Gasteiger charge is 2.16. The molecule has 32 heavy (non-hydrogen) atoms. The molecule has 0 atom stereocenters. The third-order valence-electron chi connectivity index (χ3n) is 5.97. The lowest BCUT2D eigenvalue weighted by Gasteiger charge is -2.34. The molecule has 3 aromatic rings. The SMILES string of the molecule is c1ccc(CCCN2CCN(CCOCc3ccc(Oc4ccccc4)cc3)CC2)cc1. The van der Waals surface area contributed by atoms with Crippen molar-refractivity contribution in [3.05, 3.63) is 96.1 Å². The van der Waals surface area contributed by atoms with E-state index in [1.54, 1.807) is 0 Å². The molecule has 4 heteroatoms. The van der Waals surface area contributed by atoms with Gasteiger partial charge in [0, 0.05) is 32.7 Å². The van der Waals surface area contributed by atoms with E-state index in [0.717, 1.165) is 50.8 Å². The van der Waals surface area contributed by atoms with Crippen LogP contribution in [0.2, 0.25) is 0 Å². The predicted molar refractivity (Wildman–Crippen MR) is 130 cm³/mol. The molecule has 0 spiro atoms. The Morgan fingerprint density at radius 1 is 0.594 bits per heavy atom. The van der Waals surface area contributed by atoms with Crippen molar-refractivity contribution in [3.63, 3.8) is 0 Å². The molecule has 1 fully saturated rings. The highest BCUT2D eigenvalue weighted by atomic mass is 16.5. The lowest BCUT2D eigenvalue weighted by Crippen LogP contribution is -2.47. The van der Waals surface area contributed by atoms with Crippen LogP contribution in [0.5, 0.6) is 11.5 Å². The second kappa shape index (κ2) is 12.4. The summed E-state index contributed by atoms with van der Waals surface area (Å²) in [6.07, 6.45) is 2.41. The molecule has 1 heterocycles. The molecule has 3 aromatic carbocycles. The van der Waals surface area contributed by atoms with Gasteiger partial charge >= 0.3 is 0 Å². The van der Waals surface area contributed by atoms with Gasteiger partial charge in [0.15, 0.2) is 0 Å². The number of ether oxygens (including phenoxy) is 2. The first-order valence-corrected chi connectivity index (χ1v) is 11.7. The number of hydrogen-bond donors (Lipinski definition) is 0. The van der Waals surface area contributed by atoms with E-state index in [-0.39, 0.29) is 0 Å². The Bertz CT molecular complexity index is 892. The van der Waals surface area contributed by atoms with E-state index in [1.165, 1.54) is 30.5 Å². The molecule has 0 N–H and O–H groups in total. The summed E-state index contributed by atoms with van der Waals surface area (Å²) in [7, 11) is 0. The maximum atomic E-state index is 5.93. The average Bonchev–Trinajstić information content (AvgIpc) is 2.85. The molecule has 4 nitrogen and oxygen atoms in total. The van der Waals surface area contributed by atoms with Gasteiger partial charge in [-0.3, -0.25) is 4.90 Å². The topological polar surface area (TPSA) is 24.9 Å². The van der Waals surface area contributed by atoms with Crippen LogP contribution in [0.15, 0.2) is 84.9 Å². The fourth-order valence-corrected chi connectivity index (χ4v) is 4.05. The minimum absolute atomic E-state index is 0.644. The van der Waals surface area contributed by atoms with Gasteiger partial charge in [0.2, 0.25) is 0 Å². The van der Waals surface area contributed by atoms with Gasteiger partial charge in [-0.2, -0.15) is 0 Å². The molecule has 1 aliphatic rings. The Labute approximate surface area is 192 Å². The van der Waals surface area contributed by atoms with Crippen molar-refractivity contribution in [1.29, 1.82) is 0 Å². The zero-order valence-electron chi connectivity index (χ0n) is 18.9. The van der Waals surface area contributed by atoms with Crippen LogP contribution in [0, 0.1) is 0 Å². The Balaban J connectivity index is 1.06. The monoisotopic (exact) mass is 430 g/mol. The van der Waals surface area contributed by atoms with E-state index in [2.05, 4.69) is 52.3 Å². The molecule has 0 aromatic heterocycles. The van der Waals surface area contributed by atoms with Crippen molar-refractivity contribution < 1.29 is 9.47 Å². The van der Waals surface area contributed by atoms with E-state index >= 15 is 0 Å². The van der Waals surface area contributed by atoms with Gasteiger partial charge in [0.25, 0.3) is 0 Å². The number of piperazine rings is 1. The quantitative estimate of drug-likeness (QED) is 0.388. The maximum absolute atomic E-state index is 5.93. The number of hydrogen-bond acceptors (Lipinski definition) is 4. The highest BCUT2D eigenvalue weighted by Crippen LogP contribution is 2.21. The fourth-order valence-electron chi connectivity index (χ4n) is 4.05. The summed E-state index contributed by atoms with van der Waals surface area (Å²) < 4.78 is 11.8. The Hall–Kier alpha value is -2.66. The maximum Gasteiger partial charge on any atom is 0.127 e. The molecular formula is C28H34N2O2. The minimum atomic E-state index is 0.644. The summed E-state index contributed by atoms with van der Waals surface area (Å²) in [5.74, 6) is 1.70. The van der Waals surface area contributed by atoms with Crippen LogP contribution in [-0.2, 0) is 17.8 Å². The molecule has 4 rings (SSSR count). The van der Waals surface area contributed by atoms with Crippen molar-refractivity contribution in [2.75, 3.05) is 45.9 Å². The summed E-state index contributed by atoms with van der Waals surface area (Å²) in [6, 6.07) is 28.8. The Kier molecular flexibility index (Phi) is 8.73. The molecule has 168 valence electrons. The Morgan fingerprint density at radius 2 is 1.19 bits per heavy atom. The lowest BCUT2D eigenvalue weighted by molar-refractivity contribution is 0.0682. The number of para-hydroxylation sites is 1. The third-order valence-corrected chi connectivity index (χ3v) is 5.97. The molecule has 0 aliphatic carbocycles. The van der Waals surface area contributed by atoms with Gasteiger partial charge in [-0.25, -0.2) is 0 Å². The molecule has 0 amide bonds. The fraction of sp³-hybridized carbons (Fsp3) is 0.357. The largest absolute Gasteiger partial charge is 0.457 e. The molecule has 0 unspecified atom stereocenters. The second-order valence-electron chi connectivity index (χ2n) is 8.38. The number of benzene rings is 3. The molecule has 0 saturated carbocycles. The van der Waals surface area contributed by atoms with Crippen molar-refractivity contribution in [2.45, 2.75) is 19.4 Å². The summed E-state index contributed by atoms with van der Waals surface area (Å²) in [5, 5.41) is 0. The summed E-state index contributed by atoms with van der Waals surface area (Å²) in [5.41, 5.74) is 2.62.